The minimum absolute atomic E-state index is 0.150. The van der Waals surface area contributed by atoms with Crippen LogP contribution in [0.4, 0.5) is 5.69 Å². The van der Waals surface area contributed by atoms with Crippen molar-refractivity contribution in [2.24, 2.45) is 5.92 Å². The SMILES string of the molecule is COCC1CCN(c2ccccc2CNC(C)(C)C)C1. The molecule has 1 aliphatic rings. The summed E-state index contributed by atoms with van der Waals surface area (Å²) < 4.78 is 5.29. The second kappa shape index (κ2) is 6.59. The van der Waals surface area contributed by atoms with E-state index < -0.39 is 0 Å². The van der Waals surface area contributed by atoms with E-state index in [1.807, 2.05) is 0 Å². The van der Waals surface area contributed by atoms with E-state index in [2.05, 4.69) is 55.3 Å². The van der Waals surface area contributed by atoms with Crippen LogP contribution in [0.1, 0.15) is 32.8 Å². The fraction of sp³-hybridized carbons (Fsp3) is 0.647. The molecule has 0 aliphatic carbocycles. The minimum atomic E-state index is 0.150. The molecule has 1 unspecified atom stereocenters. The number of hydrogen-bond acceptors (Lipinski definition) is 3. The molecule has 0 saturated carbocycles. The van der Waals surface area contributed by atoms with Crippen LogP contribution in [0.25, 0.3) is 0 Å². The van der Waals surface area contributed by atoms with Gasteiger partial charge in [0, 0.05) is 43.9 Å². The first kappa shape index (κ1) is 15.3. The molecule has 1 heterocycles. The monoisotopic (exact) mass is 276 g/mol. The average molecular weight is 276 g/mol. The van der Waals surface area contributed by atoms with Gasteiger partial charge in [-0.25, -0.2) is 0 Å². The van der Waals surface area contributed by atoms with E-state index in [0.717, 1.165) is 26.2 Å². The van der Waals surface area contributed by atoms with E-state index >= 15 is 0 Å². The number of para-hydroxylation sites is 1. The number of anilines is 1. The van der Waals surface area contributed by atoms with Gasteiger partial charge in [0.2, 0.25) is 0 Å². The van der Waals surface area contributed by atoms with Crippen LogP contribution in [0.2, 0.25) is 0 Å². The van der Waals surface area contributed by atoms with E-state index in [1.165, 1.54) is 17.7 Å². The summed E-state index contributed by atoms with van der Waals surface area (Å²) in [5.41, 5.74) is 2.92. The third-order valence-corrected chi connectivity index (χ3v) is 3.83. The van der Waals surface area contributed by atoms with Crippen molar-refractivity contribution in [2.75, 3.05) is 31.7 Å². The van der Waals surface area contributed by atoms with Gasteiger partial charge in [-0.1, -0.05) is 18.2 Å². The van der Waals surface area contributed by atoms with E-state index in [9.17, 15) is 0 Å². The molecule has 1 fully saturated rings. The lowest BCUT2D eigenvalue weighted by atomic mass is 10.1. The van der Waals surface area contributed by atoms with Gasteiger partial charge < -0.3 is 15.0 Å². The lowest BCUT2D eigenvalue weighted by Gasteiger charge is -2.25. The third kappa shape index (κ3) is 4.22. The molecule has 3 nitrogen and oxygen atoms in total. The van der Waals surface area contributed by atoms with Crippen LogP contribution in [0.3, 0.4) is 0 Å². The summed E-state index contributed by atoms with van der Waals surface area (Å²) in [4.78, 5) is 2.50. The van der Waals surface area contributed by atoms with E-state index in [4.69, 9.17) is 4.74 Å². The van der Waals surface area contributed by atoms with Crippen LogP contribution >= 0.6 is 0 Å². The van der Waals surface area contributed by atoms with Crippen molar-refractivity contribution in [3.63, 3.8) is 0 Å². The molecule has 3 heteroatoms. The molecule has 1 aromatic carbocycles. The number of nitrogens with zero attached hydrogens (tertiary/aromatic N) is 1. The highest BCUT2D eigenvalue weighted by atomic mass is 16.5. The zero-order chi connectivity index (χ0) is 14.6. The molecular formula is C17H28N2O. The van der Waals surface area contributed by atoms with Crippen molar-refractivity contribution in [1.29, 1.82) is 0 Å². The Bertz CT molecular complexity index is 425. The summed E-state index contributed by atoms with van der Waals surface area (Å²) in [5, 5.41) is 3.59. The molecule has 1 atom stereocenters. The highest BCUT2D eigenvalue weighted by Gasteiger charge is 2.24. The maximum atomic E-state index is 5.29. The topological polar surface area (TPSA) is 24.5 Å². The largest absolute Gasteiger partial charge is 0.384 e. The van der Waals surface area contributed by atoms with Gasteiger partial charge in [0.05, 0.1) is 6.61 Å². The van der Waals surface area contributed by atoms with Gasteiger partial charge in [-0.15, -0.1) is 0 Å². The van der Waals surface area contributed by atoms with Crippen molar-refractivity contribution >= 4 is 5.69 Å². The Morgan fingerprint density at radius 3 is 2.75 bits per heavy atom. The Balaban J connectivity index is 2.04. The van der Waals surface area contributed by atoms with Crippen molar-refractivity contribution in [1.82, 2.24) is 5.32 Å². The molecule has 1 aromatic rings. The Morgan fingerprint density at radius 2 is 2.05 bits per heavy atom. The van der Waals surface area contributed by atoms with Crippen molar-refractivity contribution < 1.29 is 4.74 Å². The van der Waals surface area contributed by atoms with Crippen molar-refractivity contribution in [3.05, 3.63) is 29.8 Å². The highest BCUT2D eigenvalue weighted by molar-refractivity contribution is 5.54. The van der Waals surface area contributed by atoms with Crippen molar-refractivity contribution in [2.45, 2.75) is 39.3 Å². The maximum Gasteiger partial charge on any atom is 0.0508 e. The fourth-order valence-electron chi connectivity index (χ4n) is 2.75. The summed E-state index contributed by atoms with van der Waals surface area (Å²) in [6, 6.07) is 8.75. The second-order valence-corrected chi connectivity index (χ2v) is 6.79. The summed E-state index contributed by atoms with van der Waals surface area (Å²) in [5.74, 6) is 0.670. The number of rotatable bonds is 5. The van der Waals surface area contributed by atoms with Gasteiger partial charge in [0.25, 0.3) is 0 Å². The molecule has 0 amide bonds. The number of hydrogen-bond donors (Lipinski definition) is 1. The first-order valence-electron chi connectivity index (χ1n) is 7.56. The standard InChI is InChI=1S/C17H28N2O/c1-17(2,3)18-11-15-7-5-6-8-16(15)19-10-9-14(12-19)13-20-4/h5-8,14,18H,9-13H2,1-4H3. The zero-order valence-corrected chi connectivity index (χ0v) is 13.3. The first-order chi connectivity index (χ1) is 9.49. The zero-order valence-electron chi connectivity index (χ0n) is 13.3. The Kier molecular flexibility index (Phi) is 5.06. The van der Waals surface area contributed by atoms with E-state index in [-0.39, 0.29) is 5.54 Å². The van der Waals surface area contributed by atoms with Crippen molar-refractivity contribution in [3.8, 4) is 0 Å². The second-order valence-electron chi connectivity index (χ2n) is 6.79. The van der Waals surface area contributed by atoms with Gasteiger partial charge in [-0.2, -0.15) is 0 Å². The third-order valence-electron chi connectivity index (χ3n) is 3.83. The molecule has 112 valence electrons. The van der Waals surface area contributed by atoms with Crippen LogP contribution in [-0.2, 0) is 11.3 Å². The summed E-state index contributed by atoms with van der Waals surface area (Å²) in [6.45, 7) is 10.7. The van der Waals surface area contributed by atoms with Gasteiger partial charge in [-0.05, 0) is 38.8 Å². The minimum Gasteiger partial charge on any atom is -0.384 e. The molecule has 1 N–H and O–H groups in total. The molecule has 0 radical (unpaired) electrons. The number of ether oxygens (including phenoxy) is 1. The predicted octanol–water partition coefficient (Wildman–Crippen LogP) is 3.05. The number of benzene rings is 1. The molecule has 20 heavy (non-hydrogen) atoms. The lowest BCUT2D eigenvalue weighted by molar-refractivity contribution is 0.161. The molecule has 1 saturated heterocycles. The van der Waals surface area contributed by atoms with E-state index in [1.54, 1.807) is 7.11 Å². The molecule has 1 aliphatic heterocycles. The Hall–Kier alpha value is -1.06. The van der Waals surface area contributed by atoms with Crippen LogP contribution in [0.5, 0.6) is 0 Å². The predicted molar refractivity (Wildman–Crippen MR) is 85.2 cm³/mol. The summed E-state index contributed by atoms with van der Waals surface area (Å²) in [6.07, 6.45) is 1.23. The summed E-state index contributed by atoms with van der Waals surface area (Å²) in [7, 11) is 1.80. The maximum absolute atomic E-state index is 5.29. The summed E-state index contributed by atoms with van der Waals surface area (Å²) >= 11 is 0. The van der Waals surface area contributed by atoms with Gasteiger partial charge in [0.1, 0.15) is 0 Å². The smallest absolute Gasteiger partial charge is 0.0508 e. The number of methoxy groups -OCH3 is 1. The van der Waals surface area contributed by atoms with Gasteiger partial charge >= 0.3 is 0 Å². The fourth-order valence-corrected chi connectivity index (χ4v) is 2.75. The molecular weight excluding hydrogens is 248 g/mol. The Morgan fingerprint density at radius 1 is 1.30 bits per heavy atom. The van der Waals surface area contributed by atoms with Gasteiger partial charge in [0.15, 0.2) is 0 Å². The van der Waals surface area contributed by atoms with Crippen LogP contribution in [0, 0.1) is 5.92 Å². The van der Waals surface area contributed by atoms with Crippen LogP contribution < -0.4 is 10.2 Å². The molecule has 2 rings (SSSR count). The number of nitrogens with one attached hydrogen (secondary N) is 1. The molecule has 0 bridgehead atoms. The van der Waals surface area contributed by atoms with Gasteiger partial charge in [-0.3, -0.25) is 0 Å². The first-order valence-corrected chi connectivity index (χ1v) is 7.56. The van der Waals surface area contributed by atoms with E-state index in [0.29, 0.717) is 5.92 Å². The molecule has 0 spiro atoms. The average Bonchev–Trinajstić information content (AvgIpc) is 2.85. The van der Waals surface area contributed by atoms with Crippen LogP contribution in [-0.4, -0.2) is 32.3 Å². The van der Waals surface area contributed by atoms with Crippen LogP contribution in [0.15, 0.2) is 24.3 Å². The quantitative estimate of drug-likeness (QED) is 0.894. The molecule has 0 aromatic heterocycles. The Labute approximate surface area is 123 Å². The normalized spacial score (nSPS) is 19.6. The highest BCUT2D eigenvalue weighted by Crippen LogP contribution is 2.27. The lowest BCUT2D eigenvalue weighted by Crippen LogP contribution is -2.35.